The Morgan fingerprint density at radius 3 is 2.76 bits per heavy atom. The van der Waals surface area contributed by atoms with Crippen molar-refractivity contribution in [2.45, 2.75) is 13.5 Å². The second-order valence-corrected chi connectivity index (χ2v) is 8.74. The second-order valence-electron chi connectivity index (χ2n) is 7.80. The van der Waals surface area contributed by atoms with Gasteiger partial charge < -0.3 is 0 Å². The molecule has 8 nitrogen and oxygen atoms in total. The van der Waals surface area contributed by atoms with E-state index in [2.05, 4.69) is 18.8 Å². The summed E-state index contributed by atoms with van der Waals surface area (Å²) in [6.07, 6.45) is 3.27. The van der Waals surface area contributed by atoms with Crippen LogP contribution < -0.4 is 5.69 Å². The molecule has 0 bridgehead atoms. The summed E-state index contributed by atoms with van der Waals surface area (Å²) in [6, 6.07) is 13.7. The molecule has 6 rings (SSSR count). The quantitative estimate of drug-likeness (QED) is 0.362. The molecule has 4 heterocycles. The number of benzene rings is 2. The van der Waals surface area contributed by atoms with Gasteiger partial charge in [0.05, 0.1) is 34.7 Å². The predicted molar refractivity (Wildman–Crippen MR) is 128 cm³/mol. The van der Waals surface area contributed by atoms with Crippen molar-refractivity contribution >= 4 is 40.0 Å². The predicted octanol–water partition coefficient (Wildman–Crippen LogP) is 4.50. The van der Waals surface area contributed by atoms with E-state index in [-0.39, 0.29) is 10.7 Å². The highest BCUT2D eigenvalue weighted by Gasteiger charge is 2.21. The first-order valence-electron chi connectivity index (χ1n) is 10.3. The summed E-state index contributed by atoms with van der Waals surface area (Å²) in [5.74, 6) is -0.551. The SMILES string of the molecule is Cc1c(-c2ccc3ncnn3c2)n(-c2ccc(F)c(Cl)c2)c(=O)n1Cc1ccc2nsnc2c1. The van der Waals surface area contributed by atoms with Gasteiger partial charge in [-0.3, -0.25) is 9.13 Å². The Labute approximate surface area is 200 Å². The molecule has 0 aliphatic heterocycles. The Morgan fingerprint density at radius 1 is 1.06 bits per heavy atom. The summed E-state index contributed by atoms with van der Waals surface area (Å²) in [6.45, 7) is 2.21. The molecule has 11 heteroatoms. The summed E-state index contributed by atoms with van der Waals surface area (Å²) in [4.78, 5) is 17.9. The van der Waals surface area contributed by atoms with Crippen molar-refractivity contribution < 1.29 is 4.39 Å². The lowest BCUT2D eigenvalue weighted by Crippen LogP contribution is -2.24. The van der Waals surface area contributed by atoms with E-state index in [4.69, 9.17) is 11.6 Å². The minimum absolute atomic E-state index is 0.0611. The lowest BCUT2D eigenvalue weighted by molar-refractivity contribution is 0.627. The van der Waals surface area contributed by atoms with Gasteiger partial charge in [-0.1, -0.05) is 17.7 Å². The monoisotopic (exact) mass is 491 g/mol. The Balaban J connectivity index is 1.57. The van der Waals surface area contributed by atoms with Crippen LogP contribution in [0.3, 0.4) is 0 Å². The van der Waals surface area contributed by atoms with Gasteiger partial charge in [-0.05, 0) is 55.0 Å². The molecule has 6 aromatic rings. The molecule has 0 atom stereocenters. The van der Waals surface area contributed by atoms with Crippen LogP contribution in [0, 0.1) is 12.7 Å². The van der Waals surface area contributed by atoms with Gasteiger partial charge in [-0.2, -0.15) is 13.8 Å². The van der Waals surface area contributed by atoms with Crippen LogP contribution in [-0.4, -0.2) is 32.5 Å². The first-order chi connectivity index (χ1) is 16.5. The number of fused-ring (bicyclic) bond motifs is 2. The van der Waals surface area contributed by atoms with Gasteiger partial charge in [0.15, 0.2) is 5.65 Å². The summed E-state index contributed by atoms with van der Waals surface area (Å²) in [7, 11) is 0. The number of halogens is 2. The molecule has 4 aromatic heterocycles. The molecular weight excluding hydrogens is 477 g/mol. The molecule has 0 unspecified atom stereocenters. The third-order valence-corrected chi connectivity index (χ3v) is 6.61. The number of hydrogen-bond donors (Lipinski definition) is 0. The van der Waals surface area contributed by atoms with E-state index in [1.807, 2.05) is 43.5 Å². The summed E-state index contributed by atoms with van der Waals surface area (Å²) in [5.41, 5.74) is 5.54. The zero-order valence-electron chi connectivity index (χ0n) is 17.7. The fraction of sp³-hybridized carbons (Fsp3) is 0.0870. The number of rotatable bonds is 4. The van der Waals surface area contributed by atoms with Crippen molar-refractivity contribution in [2.75, 3.05) is 0 Å². The van der Waals surface area contributed by atoms with Crippen molar-refractivity contribution in [2.24, 2.45) is 0 Å². The molecule has 0 aliphatic carbocycles. The van der Waals surface area contributed by atoms with Crippen molar-refractivity contribution in [1.29, 1.82) is 0 Å². The van der Waals surface area contributed by atoms with Gasteiger partial charge in [0.2, 0.25) is 0 Å². The van der Waals surface area contributed by atoms with Crippen LogP contribution in [0.25, 0.3) is 33.6 Å². The molecule has 0 aliphatic rings. The highest BCUT2D eigenvalue weighted by atomic mass is 35.5. The highest BCUT2D eigenvalue weighted by molar-refractivity contribution is 7.00. The van der Waals surface area contributed by atoms with E-state index in [1.54, 1.807) is 13.6 Å². The van der Waals surface area contributed by atoms with E-state index in [0.29, 0.717) is 23.6 Å². The van der Waals surface area contributed by atoms with Crippen molar-refractivity contribution in [3.8, 4) is 16.9 Å². The van der Waals surface area contributed by atoms with E-state index >= 15 is 0 Å². The molecule has 0 saturated carbocycles. The number of nitrogens with zero attached hydrogens (tertiary/aromatic N) is 7. The van der Waals surface area contributed by atoms with Gasteiger partial charge in [-0.15, -0.1) is 0 Å². The average molecular weight is 492 g/mol. The minimum Gasteiger partial charge on any atom is -0.291 e. The molecule has 0 N–H and O–H groups in total. The van der Waals surface area contributed by atoms with E-state index in [9.17, 15) is 9.18 Å². The highest BCUT2D eigenvalue weighted by Crippen LogP contribution is 2.28. The lowest BCUT2D eigenvalue weighted by atomic mass is 10.1. The van der Waals surface area contributed by atoms with Crippen LogP contribution >= 0.6 is 23.3 Å². The van der Waals surface area contributed by atoms with Crippen LogP contribution in [0.15, 0.2) is 65.8 Å². The molecule has 0 radical (unpaired) electrons. The van der Waals surface area contributed by atoms with Crippen LogP contribution in [-0.2, 0) is 6.54 Å². The van der Waals surface area contributed by atoms with Crippen molar-refractivity contribution in [1.82, 2.24) is 32.5 Å². The normalized spacial score (nSPS) is 11.6. The summed E-state index contributed by atoms with van der Waals surface area (Å²) in [5, 5.41) is 4.15. The van der Waals surface area contributed by atoms with Crippen molar-refractivity contribution in [3.05, 3.63) is 93.6 Å². The van der Waals surface area contributed by atoms with Gasteiger partial charge in [0.1, 0.15) is 23.2 Å². The second kappa shape index (κ2) is 7.86. The van der Waals surface area contributed by atoms with Crippen LogP contribution in [0.2, 0.25) is 5.02 Å². The summed E-state index contributed by atoms with van der Waals surface area (Å²) >= 11 is 7.22. The molecule has 2 aromatic carbocycles. The molecular formula is C23H15ClFN7OS. The Morgan fingerprint density at radius 2 is 1.91 bits per heavy atom. The molecule has 0 fully saturated rings. The molecule has 34 heavy (non-hydrogen) atoms. The zero-order chi connectivity index (χ0) is 23.4. The number of hydrogen-bond acceptors (Lipinski definition) is 6. The lowest BCUT2D eigenvalue weighted by Gasteiger charge is -2.10. The number of imidazole rings is 1. The van der Waals surface area contributed by atoms with Crippen LogP contribution in [0.4, 0.5) is 4.39 Å². The maximum absolute atomic E-state index is 13.9. The van der Waals surface area contributed by atoms with Gasteiger partial charge in [0, 0.05) is 17.5 Å². The molecule has 0 saturated heterocycles. The smallest absolute Gasteiger partial charge is 0.291 e. The fourth-order valence-electron chi connectivity index (χ4n) is 4.10. The van der Waals surface area contributed by atoms with Crippen LogP contribution in [0.5, 0.6) is 0 Å². The Bertz CT molecular complexity index is 1770. The van der Waals surface area contributed by atoms with Gasteiger partial charge in [0.25, 0.3) is 0 Å². The largest absolute Gasteiger partial charge is 0.333 e. The maximum Gasteiger partial charge on any atom is 0.333 e. The number of pyridine rings is 1. The van der Waals surface area contributed by atoms with Gasteiger partial charge in [-0.25, -0.2) is 18.7 Å². The Kier molecular flexibility index (Phi) is 4.78. The Hall–Kier alpha value is -3.89. The third-order valence-electron chi connectivity index (χ3n) is 5.76. The summed E-state index contributed by atoms with van der Waals surface area (Å²) < 4.78 is 27.3. The van der Waals surface area contributed by atoms with E-state index < -0.39 is 5.82 Å². The molecule has 0 spiro atoms. The van der Waals surface area contributed by atoms with Crippen molar-refractivity contribution in [3.63, 3.8) is 0 Å². The zero-order valence-corrected chi connectivity index (χ0v) is 19.3. The van der Waals surface area contributed by atoms with Crippen LogP contribution in [0.1, 0.15) is 11.3 Å². The first kappa shape index (κ1) is 20.7. The average Bonchev–Trinajstić information content (AvgIpc) is 3.55. The van der Waals surface area contributed by atoms with E-state index in [0.717, 1.165) is 39.6 Å². The third kappa shape index (κ3) is 3.30. The number of aromatic nitrogens is 7. The molecule has 0 amide bonds. The van der Waals surface area contributed by atoms with E-state index in [1.165, 1.54) is 24.5 Å². The topological polar surface area (TPSA) is 82.9 Å². The standard InChI is InChI=1S/C23H15ClFN7OS/c1-13-22(15-3-7-21-26-12-27-31(21)11-15)32(16-4-5-18(25)17(24)9-16)23(33)30(13)10-14-2-6-19-20(8-14)29-34-28-19/h2-9,11-12H,10H2,1H3. The maximum atomic E-state index is 13.9. The first-order valence-corrected chi connectivity index (χ1v) is 11.4. The minimum atomic E-state index is -0.551. The van der Waals surface area contributed by atoms with Gasteiger partial charge >= 0.3 is 5.69 Å². The fourth-order valence-corrected chi connectivity index (χ4v) is 4.80. The molecule has 168 valence electrons.